The van der Waals surface area contributed by atoms with Crippen LogP contribution in [0.15, 0.2) is 57.6 Å². The van der Waals surface area contributed by atoms with Gasteiger partial charge < -0.3 is 14.4 Å². The normalized spacial score (nSPS) is 15.6. The summed E-state index contributed by atoms with van der Waals surface area (Å²) in [5.41, 5.74) is 1.59. The van der Waals surface area contributed by atoms with E-state index in [0.717, 1.165) is 36.6 Å². The maximum absolute atomic E-state index is 13.2. The summed E-state index contributed by atoms with van der Waals surface area (Å²) in [6.07, 6.45) is 3.61. The van der Waals surface area contributed by atoms with Crippen LogP contribution in [-0.4, -0.2) is 21.2 Å². The highest BCUT2D eigenvalue weighted by Crippen LogP contribution is 2.38. The molecule has 146 valence electrons. The molecular weight excluding hydrogens is 368 g/mol. The summed E-state index contributed by atoms with van der Waals surface area (Å²) in [5, 5.41) is 12.2. The van der Waals surface area contributed by atoms with Crippen LogP contribution in [0.4, 0.5) is 0 Å². The van der Waals surface area contributed by atoms with E-state index in [1.807, 2.05) is 36.4 Å². The summed E-state index contributed by atoms with van der Waals surface area (Å²) < 4.78 is 10.7. The van der Waals surface area contributed by atoms with Crippen molar-refractivity contribution in [1.29, 1.82) is 0 Å². The number of benzene rings is 2. The maximum Gasteiger partial charge on any atom is 0.252 e. The molecular formula is C22H20N4O3. The van der Waals surface area contributed by atoms with Crippen molar-refractivity contribution in [2.75, 3.05) is 0 Å². The second kappa shape index (κ2) is 6.84. The Kier molecular flexibility index (Phi) is 4.16. The van der Waals surface area contributed by atoms with E-state index in [9.17, 15) is 4.79 Å². The molecule has 2 heterocycles. The Balaban J connectivity index is 1.49. The minimum absolute atomic E-state index is 0.170. The van der Waals surface area contributed by atoms with Gasteiger partial charge in [-0.15, -0.1) is 0 Å². The number of rotatable bonds is 4. The van der Waals surface area contributed by atoms with Gasteiger partial charge in [0.1, 0.15) is 11.1 Å². The van der Waals surface area contributed by atoms with Gasteiger partial charge in [0, 0.05) is 18.1 Å². The third-order valence-corrected chi connectivity index (χ3v) is 5.54. The molecule has 1 N–H and O–H groups in total. The topological polar surface area (TPSA) is 94.1 Å². The van der Waals surface area contributed by atoms with Gasteiger partial charge in [0.05, 0.1) is 5.39 Å². The molecule has 0 saturated heterocycles. The molecule has 29 heavy (non-hydrogen) atoms. The lowest BCUT2D eigenvalue weighted by Crippen LogP contribution is -2.44. The van der Waals surface area contributed by atoms with Crippen LogP contribution in [0, 0.1) is 6.92 Å². The molecule has 0 atom stereocenters. The van der Waals surface area contributed by atoms with Crippen LogP contribution in [0.2, 0.25) is 0 Å². The molecule has 7 nitrogen and oxygen atoms in total. The highest BCUT2D eigenvalue weighted by molar-refractivity contribution is 6.01. The van der Waals surface area contributed by atoms with Gasteiger partial charge in [-0.2, -0.15) is 4.98 Å². The van der Waals surface area contributed by atoms with Crippen molar-refractivity contribution in [2.24, 2.45) is 0 Å². The Morgan fingerprint density at radius 1 is 1.03 bits per heavy atom. The number of carbonyl (C=O) groups is 1. The zero-order valence-corrected chi connectivity index (χ0v) is 16.0. The molecule has 1 aliphatic rings. The number of hydrogen-bond acceptors (Lipinski definition) is 6. The van der Waals surface area contributed by atoms with Crippen molar-refractivity contribution < 1.29 is 13.8 Å². The first-order valence-electron chi connectivity index (χ1n) is 9.73. The van der Waals surface area contributed by atoms with E-state index in [1.165, 1.54) is 0 Å². The molecule has 0 unspecified atom stereocenters. The van der Waals surface area contributed by atoms with Gasteiger partial charge in [0.2, 0.25) is 5.89 Å². The van der Waals surface area contributed by atoms with Crippen molar-refractivity contribution >= 4 is 16.8 Å². The smallest absolute Gasteiger partial charge is 0.252 e. The highest BCUT2D eigenvalue weighted by atomic mass is 16.5. The first kappa shape index (κ1) is 17.6. The largest absolute Gasteiger partial charge is 0.355 e. The monoisotopic (exact) mass is 388 g/mol. The summed E-state index contributed by atoms with van der Waals surface area (Å²) >= 11 is 0. The molecule has 0 aliphatic heterocycles. The molecule has 5 rings (SSSR count). The zero-order valence-electron chi connectivity index (χ0n) is 16.0. The Hall–Kier alpha value is -3.48. The number of nitrogens with zero attached hydrogens (tertiary/aromatic N) is 3. The highest BCUT2D eigenvalue weighted by Gasteiger charge is 2.41. The maximum atomic E-state index is 13.2. The quantitative estimate of drug-likeness (QED) is 0.557. The van der Waals surface area contributed by atoms with Crippen molar-refractivity contribution in [1.82, 2.24) is 20.6 Å². The van der Waals surface area contributed by atoms with Crippen LogP contribution in [-0.2, 0) is 5.54 Å². The summed E-state index contributed by atoms with van der Waals surface area (Å²) in [6, 6.07) is 15.1. The Morgan fingerprint density at radius 2 is 1.83 bits per heavy atom. The molecule has 0 radical (unpaired) electrons. The average molecular weight is 388 g/mol. The van der Waals surface area contributed by atoms with Crippen LogP contribution >= 0.6 is 0 Å². The van der Waals surface area contributed by atoms with Gasteiger partial charge >= 0.3 is 0 Å². The fourth-order valence-electron chi connectivity index (χ4n) is 4.05. The van der Waals surface area contributed by atoms with Gasteiger partial charge in [-0.25, -0.2) is 0 Å². The first-order valence-corrected chi connectivity index (χ1v) is 9.73. The number of aryl methyl sites for hydroxylation is 1. The number of hydrogen-bond donors (Lipinski definition) is 1. The van der Waals surface area contributed by atoms with E-state index in [0.29, 0.717) is 28.6 Å². The number of aromatic nitrogens is 3. The molecule has 7 heteroatoms. The van der Waals surface area contributed by atoms with Crippen molar-refractivity contribution in [3.05, 3.63) is 65.8 Å². The lowest BCUT2D eigenvalue weighted by Gasteiger charge is -2.26. The molecule has 1 saturated carbocycles. The molecule has 1 amide bonds. The third kappa shape index (κ3) is 3.08. The summed E-state index contributed by atoms with van der Waals surface area (Å²) in [6.45, 7) is 1.76. The SMILES string of the molecule is Cc1nc(C2(NC(=O)c3ccc4noc(-c5ccccc5)c4c3)CCCC2)no1. The second-order valence-corrected chi connectivity index (χ2v) is 7.49. The Labute approximate surface area is 167 Å². The van der Waals surface area contributed by atoms with Crippen LogP contribution < -0.4 is 5.32 Å². The molecule has 0 spiro atoms. The van der Waals surface area contributed by atoms with Gasteiger partial charge in [0.25, 0.3) is 5.91 Å². The minimum atomic E-state index is -0.583. The Bertz CT molecular complexity index is 1170. The van der Waals surface area contributed by atoms with Crippen molar-refractivity contribution in [3.63, 3.8) is 0 Å². The summed E-state index contributed by atoms with van der Waals surface area (Å²) in [5.74, 6) is 1.53. The second-order valence-electron chi connectivity index (χ2n) is 7.49. The predicted octanol–water partition coefficient (Wildman–Crippen LogP) is 4.39. The van der Waals surface area contributed by atoms with E-state index in [-0.39, 0.29) is 5.91 Å². The molecule has 1 fully saturated rings. The molecule has 4 aromatic rings. The molecule has 0 bridgehead atoms. The standard InChI is InChI=1S/C22H20N4O3/c1-14-23-21(26-28-14)22(11-5-6-12-22)24-20(27)16-9-10-18-17(13-16)19(29-25-18)15-7-3-2-4-8-15/h2-4,7-10,13H,5-6,11-12H2,1H3,(H,24,27). The number of nitrogens with one attached hydrogen (secondary N) is 1. The predicted molar refractivity (Wildman–Crippen MR) is 106 cm³/mol. The van der Waals surface area contributed by atoms with E-state index in [1.54, 1.807) is 19.1 Å². The van der Waals surface area contributed by atoms with Gasteiger partial charge in [-0.05, 0) is 31.0 Å². The van der Waals surface area contributed by atoms with E-state index in [2.05, 4.69) is 20.6 Å². The van der Waals surface area contributed by atoms with E-state index < -0.39 is 5.54 Å². The number of carbonyl (C=O) groups excluding carboxylic acids is 1. The van der Waals surface area contributed by atoms with Gasteiger partial charge in [0.15, 0.2) is 11.6 Å². The zero-order chi connectivity index (χ0) is 19.8. The number of amides is 1. The molecule has 2 aromatic heterocycles. The lowest BCUT2D eigenvalue weighted by molar-refractivity contribution is 0.0892. The summed E-state index contributed by atoms with van der Waals surface area (Å²) in [4.78, 5) is 17.5. The van der Waals surface area contributed by atoms with Crippen LogP contribution in [0.3, 0.4) is 0 Å². The van der Waals surface area contributed by atoms with Crippen LogP contribution in [0.5, 0.6) is 0 Å². The van der Waals surface area contributed by atoms with Crippen LogP contribution in [0.25, 0.3) is 22.2 Å². The van der Waals surface area contributed by atoms with Crippen molar-refractivity contribution in [3.8, 4) is 11.3 Å². The average Bonchev–Trinajstić information content (AvgIpc) is 3.48. The summed E-state index contributed by atoms with van der Waals surface area (Å²) in [7, 11) is 0. The van der Waals surface area contributed by atoms with Gasteiger partial charge in [-0.3, -0.25) is 4.79 Å². The first-order chi connectivity index (χ1) is 14.1. The number of fused-ring (bicyclic) bond motifs is 1. The fourth-order valence-corrected chi connectivity index (χ4v) is 4.05. The molecule has 1 aliphatic carbocycles. The van der Waals surface area contributed by atoms with E-state index >= 15 is 0 Å². The minimum Gasteiger partial charge on any atom is -0.355 e. The third-order valence-electron chi connectivity index (χ3n) is 5.54. The fraction of sp³-hybridized carbons (Fsp3) is 0.273. The lowest BCUT2D eigenvalue weighted by atomic mass is 9.95. The van der Waals surface area contributed by atoms with Gasteiger partial charge in [-0.1, -0.05) is 53.5 Å². The van der Waals surface area contributed by atoms with Crippen LogP contribution in [0.1, 0.15) is 47.8 Å². The Morgan fingerprint density at radius 3 is 2.55 bits per heavy atom. The van der Waals surface area contributed by atoms with Crippen molar-refractivity contribution in [2.45, 2.75) is 38.1 Å². The molecule has 2 aromatic carbocycles. The van der Waals surface area contributed by atoms with E-state index in [4.69, 9.17) is 9.05 Å².